The summed E-state index contributed by atoms with van der Waals surface area (Å²) in [5.74, 6) is -0.262. The Hall–Kier alpha value is -0.880. The van der Waals surface area contributed by atoms with E-state index in [1.807, 2.05) is 0 Å². The van der Waals surface area contributed by atoms with Crippen molar-refractivity contribution in [3.8, 4) is 6.07 Å². The molecule has 1 fully saturated rings. The Bertz CT molecular complexity index is 416. The Morgan fingerprint density at radius 3 is 2.60 bits per heavy atom. The lowest BCUT2D eigenvalue weighted by molar-refractivity contribution is 0.515. The summed E-state index contributed by atoms with van der Waals surface area (Å²) in [6.07, 6.45) is 3.58. The molecular formula is C12H11BrFN. The van der Waals surface area contributed by atoms with Gasteiger partial charge in [0.25, 0.3) is 0 Å². The molecule has 1 saturated carbocycles. The predicted molar refractivity (Wildman–Crippen MR) is 59.9 cm³/mol. The second-order valence-electron chi connectivity index (χ2n) is 4.03. The lowest BCUT2D eigenvalue weighted by Crippen LogP contribution is -2.21. The number of benzene rings is 1. The van der Waals surface area contributed by atoms with E-state index in [-0.39, 0.29) is 5.82 Å². The molecule has 78 valence electrons. The fraction of sp³-hybridized carbons (Fsp3) is 0.417. The number of nitriles is 1. The highest BCUT2D eigenvalue weighted by Crippen LogP contribution is 2.42. The van der Waals surface area contributed by atoms with Gasteiger partial charge in [-0.15, -0.1) is 0 Å². The first-order chi connectivity index (χ1) is 7.18. The molecule has 1 aliphatic rings. The van der Waals surface area contributed by atoms with Crippen molar-refractivity contribution in [2.45, 2.75) is 31.1 Å². The molecule has 0 N–H and O–H groups in total. The van der Waals surface area contributed by atoms with Gasteiger partial charge in [0, 0.05) is 10.0 Å². The molecule has 0 spiro atoms. The highest BCUT2D eigenvalue weighted by Gasteiger charge is 2.37. The van der Waals surface area contributed by atoms with Gasteiger partial charge in [0.15, 0.2) is 0 Å². The molecule has 0 aliphatic heterocycles. The molecule has 1 aromatic rings. The first kappa shape index (κ1) is 10.6. The molecule has 0 heterocycles. The molecule has 0 amide bonds. The zero-order valence-corrected chi connectivity index (χ0v) is 9.85. The maximum Gasteiger partial charge on any atom is 0.128 e. The third-order valence-electron chi connectivity index (χ3n) is 3.12. The van der Waals surface area contributed by atoms with Crippen molar-refractivity contribution in [1.29, 1.82) is 5.26 Å². The first-order valence-corrected chi connectivity index (χ1v) is 5.84. The summed E-state index contributed by atoms with van der Waals surface area (Å²) in [5, 5.41) is 9.25. The van der Waals surface area contributed by atoms with Crippen LogP contribution in [-0.4, -0.2) is 0 Å². The number of nitrogens with zero attached hydrogens (tertiary/aromatic N) is 1. The molecule has 0 unspecified atom stereocenters. The Morgan fingerprint density at radius 1 is 1.33 bits per heavy atom. The van der Waals surface area contributed by atoms with E-state index in [1.54, 1.807) is 12.1 Å². The first-order valence-electron chi connectivity index (χ1n) is 5.05. The maximum atomic E-state index is 13.7. The van der Waals surface area contributed by atoms with Crippen LogP contribution in [-0.2, 0) is 5.41 Å². The average molecular weight is 268 g/mol. The van der Waals surface area contributed by atoms with Gasteiger partial charge in [0.1, 0.15) is 5.82 Å². The third-order valence-corrected chi connectivity index (χ3v) is 3.61. The van der Waals surface area contributed by atoms with Gasteiger partial charge in [-0.25, -0.2) is 4.39 Å². The Morgan fingerprint density at radius 2 is 2.00 bits per heavy atom. The van der Waals surface area contributed by atoms with E-state index in [0.717, 1.165) is 30.2 Å². The minimum atomic E-state index is -0.589. The van der Waals surface area contributed by atoms with E-state index < -0.39 is 5.41 Å². The van der Waals surface area contributed by atoms with Gasteiger partial charge in [-0.05, 0) is 31.0 Å². The number of hydrogen-bond acceptors (Lipinski definition) is 1. The summed E-state index contributed by atoms with van der Waals surface area (Å²) in [4.78, 5) is 0. The van der Waals surface area contributed by atoms with Gasteiger partial charge in [0.2, 0.25) is 0 Å². The molecule has 1 aliphatic carbocycles. The van der Waals surface area contributed by atoms with Crippen molar-refractivity contribution < 1.29 is 4.39 Å². The van der Waals surface area contributed by atoms with E-state index in [9.17, 15) is 9.65 Å². The summed E-state index contributed by atoms with van der Waals surface area (Å²) in [6.45, 7) is 0. The Balaban J connectivity index is 2.52. The summed E-state index contributed by atoms with van der Waals surface area (Å²) >= 11 is 3.32. The second kappa shape index (κ2) is 3.94. The van der Waals surface area contributed by atoms with Gasteiger partial charge in [-0.1, -0.05) is 28.8 Å². The standard InChI is InChI=1S/C12H11BrFN/c13-9-3-4-11(14)10(7-9)12(8-15)5-1-2-6-12/h3-4,7H,1-2,5-6H2. The molecule has 3 heteroatoms. The van der Waals surface area contributed by atoms with Crippen molar-refractivity contribution in [3.63, 3.8) is 0 Å². The lowest BCUT2D eigenvalue weighted by Gasteiger charge is -2.21. The number of hydrogen-bond donors (Lipinski definition) is 0. The van der Waals surface area contributed by atoms with E-state index in [2.05, 4.69) is 22.0 Å². The molecule has 0 radical (unpaired) electrons. The molecule has 0 atom stereocenters. The van der Waals surface area contributed by atoms with Gasteiger partial charge in [0.05, 0.1) is 11.5 Å². The Kier molecular flexibility index (Phi) is 2.79. The second-order valence-corrected chi connectivity index (χ2v) is 4.94. The van der Waals surface area contributed by atoms with Crippen molar-refractivity contribution in [3.05, 3.63) is 34.1 Å². The van der Waals surface area contributed by atoms with Crippen LogP contribution in [0.3, 0.4) is 0 Å². The van der Waals surface area contributed by atoms with E-state index in [4.69, 9.17) is 0 Å². The van der Waals surface area contributed by atoms with Crippen molar-refractivity contribution in [2.75, 3.05) is 0 Å². The third kappa shape index (κ3) is 1.79. The molecule has 1 aromatic carbocycles. The molecule has 0 aromatic heterocycles. The van der Waals surface area contributed by atoms with Gasteiger partial charge >= 0.3 is 0 Å². The molecule has 1 nitrogen and oxygen atoms in total. The van der Waals surface area contributed by atoms with Gasteiger partial charge in [-0.2, -0.15) is 5.26 Å². The lowest BCUT2D eigenvalue weighted by atomic mass is 9.80. The Labute approximate surface area is 97.0 Å². The normalized spacial score (nSPS) is 18.7. The van der Waals surface area contributed by atoms with Crippen LogP contribution in [0.5, 0.6) is 0 Å². The summed E-state index contributed by atoms with van der Waals surface area (Å²) in [6, 6.07) is 7.13. The largest absolute Gasteiger partial charge is 0.207 e. The number of halogens is 2. The quantitative estimate of drug-likeness (QED) is 0.757. The van der Waals surface area contributed by atoms with Gasteiger partial charge < -0.3 is 0 Å². The van der Waals surface area contributed by atoms with E-state index >= 15 is 0 Å². The molecule has 15 heavy (non-hydrogen) atoms. The fourth-order valence-corrected chi connectivity index (χ4v) is 2.65. The minimum Gasteiger partial charge on any atom is -0.207 e. The average Bonchev–Trinajstić information content (AvgIpc) is 2.71. The molecule has 0 bridgehead atoms. The SMILES string of the molecule is N#CC1(c2cc(Br)ccc2F)CCCC1. The predicted octanol–water partition coefficient (Wildman–Crippen LogP) is 3.92. The smallest absolute Gasteiger partial charge is 0.128 e. The van der Waals surface area contributed by atoms with Crippen LogP contribution in [0.25, 0.3) is 0 Å². The van der Waals surface area contributed by atoms with Crippen LogP contribution in [0, 0.1) is 17.1 Å². The molecule has 0 saturated heterocycles. The van der Waals surface area contributed by atoms with Crippen LogP contribution in [0.2, 0.25) is 0 Å². The van der Waals surface area contributed by atoms with Crippen LogP contribution < -0.4 is 0 Å². The molecule has 2 rings (SSSR count). The van der Waals surface area contributed by atoms with Crippen LogP contribution in [0.4, 0.5) is 4.39 Å². The fourth-order valence-electron chi connectivity index (χ4n) is 2.28. The van der Waals surface area contributed by atoms with Crippen LogP contribution in [0.1, 0.15) is 31.2 Å². The molecular weight excluding hydrogens is 257 g/mol. The van der Waals surface area contributed by atoms with Gasteiger partial charge in [-0.3, -0.25) is 0 Å². The van der Waals surface area contributed by atoms with E-state index in [0.29, 0.717) is 5.56 Å². The van der Waals surface area contributed by atoms with Crippen LogP contribution in [0.15, 0.2) is 22.7 Å². The van der Waals surface area contributed by atoms with Crippen molar-refractivity contribution >= 4 is 15.9 Å². The number of rotatable bonds is 1. The van der Waals surface area contributed by atoms with E-state index in [1.165, 1.54) is 6.07 Å². The maximum absolute atomic E-state index is 13.7. The van der Waals surface area contributed by atoms with Crippen molar-refractivity contribution in [2.24, 2.45) is 0 Å². The summed E-state index contributed by atoms with van der Waals surface area (Å²) in [5.41, 5.74) is -0.0368. The highest BCUT2D eigenvalue weighted by molar-refractivity contribution is 9.10. The summed E-state index contributed by atoms with van der Waals surface area (Å²) < 4.78 is 14.5. The monoisotopic (exact) mass is 267 g/mol. The minimum absolute atomic E-state index is 0.262. The zero-order chi connectivity index (χ0) is 10.9. The van der Waals surface area contributed by atoms with Crippen LogP contribution >= 0.6 is 15.9 Å². The van der Waals surface area contributed by atoms with Crippen molar-refractivity contribution in [1.82, 2.24) is 0 Å². The zero-order valence-electron chi connectivity index (χ0n) is 8.26. The highest BCUT2D eigenvalue weighted by atomic mass is 79.9. The summed E-state index contributed by atoms with van der Waals surface area (Å²) in [7, 11) is 0. The topological polar surface area (TPSA) is 23.8 Å².